The molecule has 0 aliphatic rings. The van der Waals surface area contributed by atoms with Gasteiger partial charge in [-0.25, -0.2) is 0 Å². The van der Waals surface area contributed by atoms with Gasteiger partial charge in [-0.05, 0) is 34.8 Å². The number of esters is 1. The highest BCUT2D eigenvalue weighted by molar-refractivity contribution is 9.10. The third-order valence-electron chi connectivity index (χ3n) is 2.75. The van der Waals surface area contributed by atoms with Crippen LogP contribution < -0.4 is 5.32 Å². The van der Waals surface area contributed by atoms with Crippen molar-refractivity contribution in [1.29, 1.82) is 0 Å². The van der Waals surface area contributed by atoms with Crippen molar-refractivity contribution in [2.45, 2.75) is 38.5 Å². The molecule has 5 nitrogen and oxygen atoms in total. The second-order valence-corrected chi connectivity index (χ2v) is 5.35. The first-order valence-corrected chi connectivity index (χ1v) is 7.38. The number of nitrogens with zero attached hydrogens (tertiary/aromatic N) is 1. The maximum absolute atomic E-state index is 11.7. The Morgan fingerprint density at radius 2 is 1.90 bits per heavy atom. The van der Waals surface area contributed by atoms with Crippen molar-refractivity contribution in [2.24, 2.45) is 0 Å². The topological polar surface area (TPSA) is 68.3 Å². The van der Waals surface area contributed by atoms with Gasteiger partial charge in [0.05, 0.1) is 19.0 Å². The summed E-state index contributed by atoms with van der Waals surface area (Å²) in [6.07, 6.45) is 7.69. The van der Waals surface area contributed by atoms with Crippen molar-refractivity contribution in [3.8, 4) is 0 Å². The van der Waals surface area contributed by atoms with E-state index in [0.717, 1.165) is 30.2 Å². The van der Waals surface area contributed by atoms with Gasteiger partial charge in [0.2, 0.25) is 5.91 Å². The van der Waals surface area contributed by atoms with E-state index in [9.17, 15) is 9.59 Å². The van der Waals surface area contributed by atoms with E-state index in [4.69, 9.17) is 0 Å². The summed E-state index contributed by atoms with van der Waals surface area (Å²) < 4.78 is 5.39. The largest absolute Gasteiger partial charge is 0.469 e. The Balaban J connectivity index is 2.10. The van der Waals surface area contributed by atoms with Crippen LogP contribution in [0.25, 0.3) is 0 Å². The molecule has 1 aromatic rings. The fourth-order valence-corrected chi connectivity index (χ4v) is 2.08. The molecule has 6 heteroatoms. The average molecular weight is 343 g/mol. The van der Waals surface area contributed by atoms with Crippen LogP contribution in [0.1, 0.15) is 38.5 Å². The van der Waals surface area contributed by atoms with Gasteiger partial charge in [0, 0.05) is 23.5 Å². The van der Waals surface area contributed by atoms with Crippen molar-refractivity contribution < 1.29 is 14.3 Å². The summed E-state index contributed by atoms with van der Waals surface area (Å²) in [4.78, 5) is 26.5. The number of pyridine rings is 1. The van der Waals surface area contributed by atoms with E-state index in [1.807, 2.05) is 0 Å². The minimum Gasteiger partial charge on any atom is -0.469 e. The number of hydrogen-bond acceptors (Lipinski definition) is 4. The van der Waals surface area contributed by atoms with Crippen LogP contribution in [0.15, 0.2) is 22.9 Å². The molecular formula is C14H19BrN2O3. The monoisotopic (exact) mass is 342 g/mol. The number of nitrogens with one attached hydrogen (secondary N) is 1. The molecule has 0 fully saturated rings. The maximum Gasteiger partial charge on any atom is 0.305 e. The number of ether oxygens (including phenoxy) is 1. The van der Waals surface area contributed by atoms with Crippen molar-refractivity contribution in [3.05, 3.63) is 22.9 Å². The third-order valence-corrected chi connectivity index (χ3v) is 3.18. The van der Waals surface area contributed by atoms with Crippen LogP contribution in [-0.2, 0) is 14.3 Å². The molecule has 1 amide bonds. The molecule has 0 spiro atoms. The van der Waals surface area contributed by atoms with Crippen LogP contribution in [0.2, 0.25) is 0 Å². The Hall–Kier alpha value is -1.43. The molecule has 1 heterocycles. The van der Waals surface area contributed by atoms with Gasteiger partial charge in [-0.3, -0.25) is 14.6 Å². The molecule has 0 radical (unpaired) electrons. The van der Waals surface area contributed by atoms with Crippen LogP contribution in [0.4, 0.5) is 5.69 Å². The maximum atomic E-state index is 11.7. The fourth-order valence-electron chi connectivity index (χ4n) is 1.71. The lowest BCUT2D eigenvalue weighted by Crippen LogP contribution is -2.11. The number of rotatable bonds is 8. The standard InChI is InChI=1S/C14H19BrN2O3/c1-20-14(19)7-5-3-2-4-6-13(18)17-12-8-11(15)9-16-10-12/h8-10H,2-7H2,1H3,(H,17,18). The van der Waals surface area contributed by atoms with Crippen molar-refractivity contribution >= 4 is 33.5 Å². The molecule has 0 atom stereocenters. The van der Waals surface area contributed by atoms with Gasteiger partial charge in [0.25, 0.3) is 0 Å². The number of amides is 1. The lowest BCUT2D eigenvalue weighted by atomic mass is 10.1. The van der Waals surface area contributed by atoms with E-state index in [-0.39, 0.29) is 11.9 Å². The minimum atomic E-state index is -0.176. The predicted octanol–water partition coefficient (Wildman–Crippen LogP) is 3.30. The van der Waals surface area contributed by atoms with Gasteiger partial charge in [0.1, 0.15) is 0 Å². The summed E-state index contributed by atoms with van der Waals surface area (Å²) in [5.41, 5.74) is 0.690. The molecular weight excluding hydrogens is 324 g/mol. The number of methoxy groups -OCH3 is 1. The van der Waals surface area contributed by atoms with Crippen molar-refractivity contribution in [3.63, 3.8) is 0 Å². The zero-order valence-corrected chi connectivity index (χ0v) is 13.1. The lowest BCUT2D eigenvalue weighted by Gasteiger charge is -2.05. The molecule has 1 aromatic heterocycles. The molecule has 0 aliphatic heterocycles. The summed E-state index contributed by atoms with van der Waals surface area (Å²) >= 11 is 3.30. The number of hydrogen-bond donors (Lipinski definition) is 1. The second-order valence-electron chi connectivity index (χ2n) is 4.43. The number of anilines is 1. The smallest absolute Gasteiger partial charge is 0.305 e. The zero-order chi connectivity index (χ0) is 14.8. The van der Waals surface area contributed by atoms with Gasteiger partial charge in [-0.1, -0.05) is 12.8 Å². The molecule has 1 N–H and O–H groups in total. The molecule has 0 aromatic carbocycles. The molecule has 20 heavy (non-hydrogen) atoms. The molecule has 1 rings (SSSR count). The summed E-state index contributed by atoms with van der Waals surface area (Å²) in [5.74, 6) is -0.192. The molecule has 0 saturated heterocycles. The first kappa shape index (κ1) is 16.6. The molecule has 0 aliphatic carbocycles. The molecule has 0 unspecified atom stereocenters. The summed E-state index contributed by atoms with van der Waals surface area (Å²) in [6, 6.07) is 1.81. The molecule has 0 bridgehead atoms. The van der Waals surface area contributed by atoms with Crippen LogP contribution in [0.5, 0.6) is 0 Å². The first-order valence-electron chi connectivity index (χ1n) is 6.59. The van der Waals surface area contributed by atoms with E-state index >= 15 is 0 Å². The highest BCUT2D eigenvalue weighted by Gasteiger charge is 2.04. The SMILES string of the molecule is COC(=O)CCCCCCC(=O)Nc1cncc(Br)c1. The number of carbonyl (C=O) groups excluding carboxylic acids is 2. The zero-order valence-electron chi connectivity index (χ0n) is 11.5. The van der Waals surface area contributed by atoms with Gasteiger partial charge < -0.3 is 10.1 Å². The second kappa shape index (κ2) is 9.47. The lowest BCUT2D eigenvalue weighted by molar-refractivity contribution is -0.140. The number of carbonyl (C=O) groups is 2. The van der Waals surface area contributed by atoms with Gasteiger partial charge in [0.15, 0.2) is 0 Å². The summed E-state index contributed by atoms with van der Waals surface area (Å²) in [5, 5.41) is 2.80. The van der Waals surface area contributed by atoms with E-state index in [2.05, 4.69) is 31.0 Å². The highest BCUT2D eigenvalue weighted by Crippen LogP contribution is 2.14. The van der Waals surface area contributed by atoms with Gasteiger partial charge in [-0.2, -0.15) is 0 Å². The van der Waals surface area contributed by atoms with Crippen LogP contribution >= 0.6 is 15.9 Å². The predicted molar refractivity (Wildman–Crippen MR) is 80.3 cm³/mol. The van der Waals surface area contributed by atoms with E-state index in [0.29, 0.717) is 18.5 Å². The quantitative estimate of drug-likeness (QED) is 0.581. The average Bonchev–Trinajstić information content (AvgIpc) is 2.42. The van der Waals surface area contributed by atoms with Crippen LogP contribution in [0, 0.1) is 0 Å². The van der Waals surface area contributed by atoms with E-state index in [1.54, 1.807) is 18.5 Å². The number of aromatic nitrogens is 1. The Bertz CT molecular complexity index is 452. The Labute approximate surface area is 127 Å². The van der Waals surface area contributed by atoms with Crippen LogP contribution in [0.3, 0.4) is 0 Å². The molecule has 0 saturated carbocycles. The summed E-state index contributed by atoms with van der Waals surface area (Å²) in [7, 11) is 1.39. The number of halogens is 1. The fraction of sp³-hybridized carbons (Fsp3) is 0.500. The van der Waals surface area contributed by atoms with Crippen LogP contribution in [-0.4, -0.2) is 24.0 Å². The van der Waals surface area contributed by atoms with Crippen molar-refractivity contribution in [1.82, 2.24) is 4.98 Å². The highest BCUT2D eigenvalue weighted by atomic mass is 79.9. The Kier molecular flexibility index (Phi) is 7.87. The van der Waals surface area contributed by atoms with E-state index in [1.165, 1.54) is 7.11 Å². The normalized spacial score (nSPS) is 10.1. The Morgan fingerprint density at radius 1 is 1.20 bits per heavy atom. The number of unbranched alkanes of at least 4 members (excludes halogenated alkanes) is 3. The summed E-state index contributed by atoms with van der Waals surface area (Å²) in [6.45, 7) is 0. The third kappa shape index (κ3) is 7.23. The van der Waals surface area contributed by atoms with Gasteiger partial charge in [-0.15, -0.1) is 0 Å². The first-order chi connectivity index (χ1) is 9.61. The Morgan fingerprint density at radius 3 is 2.55 bits per heavy atom. The van der Waals surface area contributed by atoms with Gasteiger partial charge >= 0.3 is 5.97 Å². The van der Waals surface area contributed by atoms with E-state index < -0.39 is 0 Å². The minimum absolute atomic E-state index is 0.0159. The van der Waals surface area contributed by atoms with Crippen molar-refractivity contribution in [2.75, 3.05) is 12.4 Å². The molecule has 110 valence electrons.